The average molecular weight is 392 g/mol. The quantitative estimate of drug-likeness (QED) is 0.653. The van der Waals surface area contributed by atoms with Crippen LogP contribution in [-0.2, 0) is 31.2 Å². The molecular formula is C15H20N8O3S. The summed E-state index contributed by atoms with van der Waals surface area (Å²) in [5.74, 6) is -0.508. The van der Waals surface area contributed by atoms with Gasteiger partial charge in [0, 0.05) is 27.3 Å². The zero-order valence-electron chi connectivity index (χ0n) is 15.5. The van der Waals surface area contributed by atoms with Crippen LogP contribution in [0.1, 0.15) is 21.9 Å². The summed E-state index contributed by atoms with van der Waals surface area (Å²) in [5, 5.41) is 14.8. The summed E-state index contributed by atoms with van der Waals surface area (Å²) in [6.07, 6.45) is 4.20. The first-order valence-electron chi connectivity index (χ1n) is 7.95. The van der Waals surface area contributed by atoms with Crippen LogP contribution in [0.4, 0.5) is 11.4 Å². The topological polar surface area (TPSA) is 129 Å². The minimum Gasteiger partial charge on any atom is -0.318 e. The van der Waals surface area contributed by atoms with Gasteiger partial charge in [-0.15, -0.1) is 0 Å². The number of sulfonamides is 1. The molecule has 0 aliphatic rings. The molecule has 0 saturated heterocycles. The largest absolute Gasteiger partial charge is 0.318 e. The van der Waals surface area contributed by atoms with Crippen molar-refractivity contribution in [2.24, 2.45) is 21.1 Å². The van der Waals surface area contributed by atoms with E-state index in [-0.39, 0.29) is 16.3 Å². The molecule has 2 N–H and O–H groups in total. The molecule has 0 aromatic carbocycles. The highest BCUT2D eigenvalue weighted by Crippen LogP contribution is 2.23. The van der Waals surface area contributed by atoms with Gasteiger partial charge in [-0.05, 0) is 13.8 Å². The average Bonchev–Trinajstić information content (AvgIpc) is 3.20. The molecule has 0 aliphatic heterocycles. The van der Waals surface area contributed by atoms with E-state index in [9.17, 15) is 13.2 Å². The maximum Gasteiger partial charge on any atom is 0.276 e. The zero-order chi connectivity index (χ0) is 19.9. The predicted molar refractivity (Wildman–Crippen MR) is 97.9 cm³/mol. The third-order valence-corrected chi connectivity index (χ3v) is 5.61. The first kappa shape index (κ1) is 18.6. The third-order valence-electron chi connectivity index (χ3n) is 4.14. The molecule has 0 saturated carbocycles. The van der Waals surface area contributed by atoms with E-state index in [4.69, 9.17) is 0 Å². The molecule has 0 aliphatic carbocycles. The summed E-state index contributed by atoms with van der Waals surface area (Å²) in [4.78, 5) is 12.7. The zero-order valence-corrected chi connectivity index (χ0v) is 16.4. The van der Waals surface area contributed by atoms with E-state index in [1.165, 1.54) is 28.0 Å². The second-order valence-electron chi connectivity index (χ2n) is 6.11. The Bertz CT molecular complexity index is 1120. The lowest BCUT2D eigenvalue weighted by Gasteiger charge is -2.09. The van der Waals surface area contributed by atoms with Gasteiger partial charge in [-0.1, -0.05) is 0 Å². The number of aryl methyl sites for hydroxylation is 4. The van der Waals surface area contributed by atoms with Crippen LogP contribution in [0.2, 0.25) is 0 Å². The Morgan fingerprint density at radius 1 is 1.04 bits per heavy atom. The second-order valence-corrected chi connectivity index (χ2v) is 7.76. The molecular weight excluding hydrogens is 372 g/mol. The fourth-order valence-corrected chi connectivity index (χ4v) is 3.90. The molecule has 144 valence electrons. The molecule has 0 atom stereocenters. The van der Waals surface area contributed by atoms with E-state index in [1.807, 2.05) is 0 Å². The van der Waals surface area contributed by atoms with Crippen molar-refractivity contribution in [3.8, 4) is 0 Å². The van der Waals surface area contributed by atoms with Gasteiger partial charge in [0.1, 0.15) is 10.6 Å². The molecule has 12 heteroatoms. The molecule has 3 heterocycles. The molecule has 3 aromatic rings. The van der Waals surface area contributed by atoms with Crippen molar-refractivity contribution in [1.82, 2.24) is 29.3 Å². The van der Waals surface area contributed by atoms with Crippen LogP contribution in [0, 0.1) is 13.8 Å². The highest BCUT2D eigenvalue weighted by Gasteiger charge is 2.25. The number of nitrogens with one attached hydrogen (secondary N) is 2. The van der Waals surface area contributed by atoms with Crippen LogP contribution in [0.5, 0.6) is 0 Å². The Morgan fingerprint density at radius 3 is 2.22 bits per heavy atom. The summed E-state index contributed by atoms with van der Waals surface area (Å²) in [6.45, 7) is 3.40. The van der Waals surface area contributed by atoms with Crippen molar-refractivity contribution in [2.45, 2.75) is 18.7 Å². The third kappa shape index (κ3) is 3.43. The first-order chi connectivity index (χ1) is 12.6. The lowest BCUT2D eigenvalue weighted by Crippen LogP contribution is -2.20. The van der Waals surface area contributed by atoms with Crippen LogP contribution in [0.25, 0.3) is 0 Å². The van der Waals surface area contributed by atoms with E-state index in [1.54, 1.807) is 39.7 Å². The molecule has 11 nitrogen and oxygen atoms in total. The first-order valence-corrected chi connectivity index (χ1v) is 9.43. The fourth-order valence-electron chi connectivity index (χ4n) is 2.63. The molecule has 0 fully saturated rings. The monoisotopic (exact) mass is 392 g/mol. The lowest BCUT2D eigenvalue weighted by molar-refractivity contribution is 0.101. The van der Waals surface area contributed by atoms with Crippen molar-refractivity contribution < 1.29 is 13.2 Å². The Morgan fingerprint density at radius 2 is 1.67 bits per heavy atom. The number of amides is 1. The van der Waals surface area contributed by atoms with Crippen molar-refractivity contribution in [3.05, 3.63) is 35.7 Å². The van der Waals surface area contributed by atoms with Crippen LogP contribution in [0.15, 0.2) is 23.5 Å². The number of anilines is 2. The van der Waals surface area contributed by atoms with Gasteiger partial charge in [0.05, 0.1) is 35.2 Å². The minimum atomic E-state index is -3.93. The number of carbonyl (C=O) groups is 1. The second kappa shape index (κ2) is 6.54. The fraction of sp³-hybridized carbons (Fsp3) is 0.333. The number of hydrogen-bond donors (Lipinski definition) is 2. The van der Waals surface area contributed by atoms with Crippen molar-refractivity contribution in [2.75, 3.05) is 10.0 Å². The van der Waals surface area contributed by atoms with Crippen molar-refractivity contribution in [1.29, 1.82) is 0 Å². The Hall–Kier alpha value is -3.15. The number of nitrogens with zero attached hydrogens (tertiary/aromatic N) is 6. The molecule has 0 radical (unpaired) electrons. The minimum absolute atomic E-state index is 0.0308. The SMILES string of the molecule is Cc1nn(C)cc1S(=O)(=O)Nc1cnn(C)c1C(=O)Nc1cnn(C)c1C. The van der Waals surface area contributed by atoms with Gasteiger partial charge in [0.15, 0.2) is 0 Å². The number of rotatable bonds is 5. The van der Waals surface area contributed by atoms with Gasteiger partial charge < -0.3 is 5.32 Å². The molecule has 1 amide bonds. The summed E-state index contributed by atoms with van der Waals surface area (Å²) >= 11 is 0. The highest BCUT2D eigenvalue weighted by molar-refractivity contribution is 7.92. The standard InChI is InChI=1S/C15H20N8O3S/c1-9-13(8-21(3)19-9)27(25,26)20-12-7-17-23(5)14(12)15(24)18-11-6-16-22(4)10(11)2/h6-8,20H,1-5H3,(H,18,24). The normalized spacial score (nSPS) is 11.6. The predicted octanol–water partition coefficient (Wildman–Crippen LogP) is 0.557. The van der Waals surface area contributed by atoms with Gasteiger partial charge in [0.2, 0.25) is 0 Å². The molecule has 3 rings (SSSR count). The summed E-state index contributed by atoms with van der Waals surface area (Å²) in [6, 6.07) is 0. The Balaban J connectivity index is 1.91. The van der Waals surface area contributed by atoms with Gasteiger partial charge in [0.25, 0.3) is 15.9 Å². The number of carbonyl (C=O) groups excluding carboxylic acids is 1. The Kier molecular flexibility index (Phi) is 4.51. The number of aromatic nitrogens is 6. The molecule has 0 unspecified atom stereocenters. The molecule has 3 aromatic heterocycles. The van der Waals surface area contributed by atoms with Gasteiger partial charge in [-0.25, -0.2) is 8.42 Å². The van der Waals surface area contributed by atoms with Crippen molar-refractivity contribution in [3.63, 3.8) is 0 Å². The maximum absolute atomic E-state index is 12.7. The lowest BCUT2D eigenvalue weighted by atomic mass is 10.3. The van der Waals surface area contributed by atoms with Crippen molar-refractivity contribution >= 4 is 27.3 Å². The maximum atomic E-state index is 12.7. The molecule has 27 heavy (non-hydrogen) atoms. The van der Waals surface area contributed by atoms with E-state index >= 15 is 0 Å². The van der Waals surface area contributed by atoms with Gasteiger partial charge >= 0.3 is 0 Å². The smallest absolute Gasteiger partial charge is 0.276 e. The van der Waals surface area contributed by atoms with Gasteiger partial charge in [-0.3, -0.25) is 23.6 Å². The van der Waals surface area contributed by atoms with Gasteiger partial charge in [-0.2, -0.15) is 15.3 Å². The van der Waals surface area contributed by atoms with E-state index in [2.05, 4.69) is 25.3 Å². The number of hydrogen-bond acceptors (Lipinski definition) is 6. The van der Waals surface area contributed by atoms with E-state index in [0.717, 1.165) is 5.69 Å². The van der Waals surface area contributed by atoms with E-state index < -0.39 is 15.9 Å². The summed E-state index contributed by atoms with van der Waals surface area (Å²) in [7, 11) is 1.01. The highest BCUT2D eigenvalue weighted by atomic mass is 32.2. The summed E-state index contributed by atoms with van der Waals surface area (Å²) < 4.78 is 32.1. The van der Waals surface area contributed by atoms with E-state index in [0.29, 0.717) is 11.4 Å². The van der Waals surface area contributed by atoms with Crippen LogP contribution >= 0.6 is 0 Å². The Labute approximate surface area is 156 Å². The van der Waals surface area contributed by atoms with Crippen LogP contribution in [0.3, 0.4) is 0 Å². The van der Waals surface area contributed by atoms with Crippen LogP contribution < -0.4 is 10.0 Å². The molecule has 0 bridgehead atoms. The van der Waals surface area contributed by atoms with Crippen LogP contribution in [-0.4, -0.2) is 43.7 Å². The molecule has 0 spiro atoms. The summed E-state index contributed by atoms with van der Waals surface area (Å²) in [5.41, 5.74) is 1.79.